The van der Waals surface area contributed by atoms with Crippen molar-refractivity contribution in [3.63, 3.8) is 0 Å². The van der Waals surface area contributed by atoms with Crippen molar-refractivity contribution < 1.29 is 70.9 Å². The molecule has 0 aromatic carbocycles. The number of hydrogen-bond donors (Lipinski definition) is 10. The first-order valence-corrected chi connectivity index (χ1v) is 6.91. The number of carbonyl (C=O) groups is 2. The van der Waals surface area contributed by atoms with Gasteiger partial charge < -0.3 is 70.9 Å². The molecule has 0 aliphatic carbocycles. The molecule has 8 atom stereocenters. The summed E-state index contributed by atoms with van der Waals surface area (Å²) < 4.78 is 0. The number of aliphatic carboxylic acids is 2. The minimum atomic E-state index is -2.31. The van der Waals surface area contributed by atoms with E-state index in [0.29, 0.717) is 0 Å². The molecule has 0 aliphatic rings. The molecule has 10 N–H and O–H groups in total. The van der Waals surface area contributed by atoms with Crippen LogP contribution in [0.1, 0.15) is 0 Å². The Kier molecular flexibility index (Phi) is 18.3. The van der Waals surface area contributed by atoms with Gasteiger partial charge in [0.2, 0.25) is 0 Å². The zero-order chi connectivity index (χ0) is 21.2. The molecule has 0 bridgehead atoms. The molecule has 15 heteroatoms. The summed E-state index contributed by atoms with van der Waals surface area (Å²) in [5, 5.41) is 107. The molecule has 158 valence electrons. The van der Waals surface area contributed by atoms with Gasteiger partial charge in [-0.1, -0.05) is 0 Å². The average molecular weight is 430 g/mol. The molecule has 0 fully saturated rings. The topological polar surface area (TPSA) is 283 Å². The number of carboxylic acids is 2. The van der Waals surface area contributed by atoms with Crippen molar-refractivity contribution in [1.82, 2.24) is 0 Å². The Hall–Kier alpha value is -0.200. The van der Waals surface area contributed by atoms with Gasteiger partial charge in [0.1, 0.15) is 48.8 Å². The Labute approximate surface area is 182 Å². The second-order valence-electron chi connectivity index (χ2n) is 4.99. The molecule has 0 unspecified atom stereocenters. The van der Waals surface area contributed by atoms with Gasteiger partial charge in [-0.15, -0.1) is 0 Å². The fraction of sp³-hybridized carbons (Fsp3) is 0.833. The van der Waals surface area contributed by atoms with Crippen LogP contribution in [0.5, 0.6) is 0 Å². The van der Waals surface area contributed by atoms with E-state index in [4.69, 9.17) is 51.1 Å². The van der Waals surface area contributed by atoms with Crippen LogP contribution in [-0.2, 0) is 9.59 Å². The summed E-state index contributed by atoms with van der Waals surface area (Å²) in [6.45, 7) is -1.73. The summed E-state index contributed by atoms with van der Waals surface area (Å²) in [6.07, 6.45) is -16.2. The van der Waals surface area contributed by atoms with E-state index in [0.717, 1.165) is 0 Å². The van der Waals surface area contributed by atoms with E-state index < -0.39 is 74.0 Å². The Morgan fingerprint density at radius 2 is 0.815 bits per heavy atom. The number of hydrogen-bond acceptors (Lipinski definition) is 14. The van der Waals surface area contributed by atoms with Crippen LogP contribution in [-0.4, -0.2) is 163 Å². The third kappa shape index (κ3) is 11.4. The zero-order valence-electron chi connectivity index (χ0n) is 13.8. The zero-order valence-corrected chi connectivity index (χ0v) is 16.1. The molecule has 0 aromatic rings. The third-order valence-corrected chi connectivity index (χ3v) is 2.99. The van der Waals surface area contributed by atoms with Crippen molar-refractivity contribution in [2.24, 2.45) is 0 Å². The summed E-state index contributed by atoms with van der Waals surface area (Å²) in [5.41, 5.74) is 0. The first-order chi connectivity index (χ1) is 11.8. The van der Waals surface area contributed by atoms with Crippen LogP contribution in [0.15, 0.2) is 0 Å². The van der Waals surface area contributed by atoms with Crippen molar-refractivity contribution in [1.29, 1.82) is 0 Å². The Balaban J connectivity index is -0.000000411. The molecule has 0 saturated heterocycles. The van der Waals surface area contributed by atoms with Crippen molar-refractivity contribution in [2.75, 3.05) is 13.2 Å². The number of aliphatic hydroxyl groups excluding tert-OH is 10. The monoisotopic (exact) mass is 430 g/mol. The second-order valence-corrected chi connectivity index (χ2v) is 4.99. The molecular weight excluding hydrogens is 408 g/mol. The summed E-state index contributed by atoms with van der Waals surface area (Å²) in [7, 11) is 0. The fourth-order valence-electron chi connectivity index (χ4n) is 1.32. The number of carbonyl (C=O) groups excluding carboxylic acids is 2. The molecule has 0 saturated carbocycles. The van der Waals surface area contributed by atoms with E-state index in [-0.39, 0.29) is 37.7 Å². The van der Waals surface area contributed by atoms with E-state index >= 15 is 0 Å². The number of aliphatic hydroxyl groups is 10. The van der Waals surface area contributed by atoms with Crippen molar-refractivity contribution >= 4 is 49.7 Å². The van der Waals surface area contributed by atoms with Crippen LogP contribution < -0.4 is 10.2 Å². The maximum Gasteiger partial charge on any atom is 0.122 e. The molecule has 0 amide bonds. The van der Waals surface area contributed by atoms with E-state index in [1.807, 2.05) is 0 Å². The van der Waals surface area contributed by atoms with Crippen molar-refractivity contribution in [3.8, 4) is 0 Å². The normalized spacial score (nSPS) is 19.6. The van der Waals surface area contributed by atoms with Crippen LogP contribution in [0.25, 0.3) is 0 Å². The third-order valence-electron chi connectivity index (χ3n) is 2.99. The van der Waals surface area contributed by atoms with Gasteiger partial charge in [0.25, 0.3) is 0 Å². The smallest absolute Gasteiger partial charge is 0.122 e. The molecule has 0 aliphatic heterocycles. The SMILES string of the molecule is O=C([O-])[C@H](O)[C@@H](O)[C@H](O)[C@H](O)CO.O=C([O-])[C@H](O)[C@@H](O)[C@H](O)[C@H](O)CO.[Ca]. The molecule has 0 rings (SSSR count). The summed E-state index contributed by atoms with van der Waals surface area (Å²) >= 11 is 0. The molecule has 27 heavy (non-hydrogen) atoms. The minimum absolute atomic E-state index is 0. The summed E-state index contributed by atoms with van der Waals surface area (Å²) in [6, 6.07) is 0. The first kappa shape index (κ1) is 31.5. The Bertz CT molecular complexity index is 385. The predicted octanol–water partition coefficient (Wildman–Crippen LogP) is -10.0. The fourth-order valence-corrected chi connectivity index (χ4v) is 1.32. The van der Waals surface area contributed by atoms with Crippen LogP contribution >= 0.6 is 0 Å². The minimum Gasteiger partial charge on any atom is -0.547 e. The molecular formula is C12H22CaO14-2. The van der Waals surface area contributed by atoms with E-state index in [1.54, 1.807) is 0 Å². The van der Waals surface area contributed by atoms with Crippen LogP contribution in [0.3, 0.4) is 0 Å². The second kappa shape index (κ2) is 15.7. The summed E-state index contributed by atoms with van der Waals surface area (Å²) in [4.78, 5) is 20.0. The predicted molar refractivity (Wildman–Crippen MR) is 78.0 cm³/mol. The maximum absolute atomic E-state index is 9.98. The first-order valence-electron chi connectivity index (χ1n) is 6.91. The average Bonchev–Trinajstić information content (AvgIpc) is 2.62. The van der Waals surface area contributed by atoms with Crippen molar-refractivity contribution in [3.05, 3.63) is 0 Å². The van der Waals surface area contributed by atoms with Crippen LogP contribution in [0.2, 0.25) is 0 Å². The van der Waals surface area contributed by atoms with Gasteiger partial charge in [-0.3, -0.25) is 0 Å². The van der Waals surface area contributed by atoms with E-state index in [1.165, 1.54) is 0 Å². The van der Waals surface area contributed by atoms with Gasteiger partial charge >= 0.3 is 0 Å². The molecule has 0 aromatic heterocycles. The molecule has 2 radical (unpaired) electrons. The maximum atomic E-state index is 9.98. The quantitative estimate of drug-likeness (QED) is 0.144. The number of carboxylic acid groups (broad SMARTS) is 2. The molecule has 0 spiro atoms. The van der Waals surface area contributed by atoms with Gasteiger partial charge in [-0.25, -0.2) is 0 Å². The van der Waals surface area contributed by atoms with Gasteiger partial charge in [-0.2, -0.15) is 0 Å². The van der Waals surface area contributed by atoms with Gasteiger partial charge in [0.15, 0.2) is 0 Å². The van der Waals surface area contributed by atoms with Gasteiger partial charge in [-0.05, 0) is 0 Å². The number of rotatable bonds is 10. The standard InChI is InChI=1S/2C6H12O7.Ca/c2*7-1-2(8)3(9)4(10)5(11)6(12)13;/h2*2-5,7-11H,1H2,(H,12,13);/p-2/t2*2-,3-,4+,5-;/m11./s1. The van der Waals surface area contributed by atoms with Crippen molar-refractivity contribution in [2.45, 2.75) is 48.8 Å². The van der Waals surface area contributed by atoms with Gasteiger partial charge in [0.05, 0.1) is 25.2 Å². The van der Waals surface area contributed by atoms with E-state index in [2.05, 4.69) is 0 Å². The summed E-state index contributed by atoms with van der Waals surface area (Å²) in [5.74, 6) is -3.95. The Morgan fingerprint density at radius 3 is 0.963 bits per heavy atom. The largest absolute Gasteiger partial charge is 0.547 e. The van der Waals surface area contributed by atoms with Gasteiger partial charge in [0, 0.05) is 37.7 Å². The van der Waals surface area contributed by atoms with Crippen LogP contribution in [0, 0.1) is 0 Å². The Morgan fingerprint density at radius 1 is 0.593 bits per heavy atom. The van der Waals surface area contributed by atoms with Crippen LogP contribution in [0.4, 0.5) is 0 Å². The molecule has 0 heterocycles. The molecule has 14 nitrogen and oxygen atoms in total. The van der Waals surface area contributed by atoms with E-state index in [9.17, 15) is 19.8 Å².